The molecule has 100 valence electrons. The third-order valence-corrected chi connectivity index (χ3v) is 3.40. The van der Waals surface area contributed by atoms with Gasteiger partial charge in [0.05, 0.1) is 0 Å². The quantitative estimate of drug-likeness (QED) is 0.415. The summed E-state index contributed by atoms with van der Waals surface area (Å²) in [5.74, 6) is -2.47. The smallest absolute Gasteiger partial charge is 0.324 e. The molecule has 1 atom stereocenters. The van der Waals surface area contributed by atoms with Gasteiger partial charge in [-0.2, -0.15) is 8.42 Å². The van der Waals surface area contributed by atoms with Gasteiger partial charge < -0.3 is 10.2 Å². The number of carboxylic acid groups (broad SMARTS) is 2. The van der Waals surface area contributed by atoms with Crippen LogP contribution in [0.25, 0.3) is 0 Å². The van der Waals surface area contributed by atoms with Crippen LogP contribution in [0.2, 0.25) is 0 Å². The minimum absolute atomic E-state index is 0.0423. The zero-order valence-electron chi connectivity index (χ0n) is 9.20. The maximum absolute atomic E-state index is 10.7. The molecule has 17 heavy (non-hydrogen) atoms. The molecule has 0 heterocycles. The van der Waals surface area contributed by atoms with E-state index in [2.05, 4.69) is 0 Å². The normalized spacial score (nSPS) is 13.2. The van der Waals surface area contributed by atoms with Crippen LogP contribution in [0, 0.1) is 0 Å². The summed E-state index contributed by atoms with van der Waals surface area (Å²) in [5, 5.41) is 15.1. The fraction of sp³-hybridized carbons (Fsp3) is 0.778. The zero-order valence-corrected chi connectivity index (χ0v) is 10.0. The Kier molecular flexibility index (Phi) is 6.74. The number of unbranched alkanes of at least 4 members (excludes halogenated alkanes) is 3. The highest BCUT2D eigenvalue weighted by atomic mass is 32.2. The Bertz CT molecular complexity index is 360. The van der Waals surface area contributed by atoms with Gasteiger partial charge >= 0.3 is 11.9 Å². The van der Waals surface area contributed by atoms with Gasteiger partial charge in [-0.25, -0.2) is 0 Å². The fourth-order valence-corrected chi connectivity index (χ4v) is 2.08. The number of rotatable bonds is 9. The summed E-state index contributed by atoms with van der Waals surface area (Å²) in [5.41, 5.74) is 0. The number of carboxylic acids is 2. The minimum atomic E-state index is -4.56. The van der Waals surface area contributed by atoms with Gasteiger partial charge in [-0.3, -0.25) is 14.1 Å². The molecule has 0 saturated carbocycles. The highest BCUT2D eigenvalue weighted by molar-refractivity contribution is 7.87. The fourth-order valence-electron chi connectivity index (χ4n) is 1.36. The molecule has 0 aromatic rings. The van der Waals surface area contributed by atoms with Crippen LogP contribution >= 0.6 is 0 Å². The van der Waals surface area contributed by atoms with Crippen molar-refractivity contribution in [3.63, 3.8) is 0 Å². The van der Waals surface area contributed by atoms with Crippen molar-refractivity contribution in [2.24, 2.45) is 0 Å². The van der Waals surface area contributed by atoms with Crippen molar-refractivity contribution >= 4 is 22.1 Å². The number of hydrogen-bond donors (Lipinski definition) is 3. The lowest BCUT2D eigenvalue weighted by molar-refractivity contribution is -0.137. The lowest BCUT2D eigenvalue weighted by Crippen LogP contribution is -2.29. The molecule has 0 aliphatic carbocycles. The summed E-state index contributed by atoms with van der Waals surface area (Å²) in [6.45, 7) is 0. The van der Waals surface area contributed by atoms with Crippen LogP contribution in [0.15, 0.2) is 0 Å². The van der Waals surface area contributed by atoms with Gasteiger partial charge in [-0.15, -0.1) is 0 Å². The molecule has 8 heteroatoms. The first-order chi connectivity index (χ1) is 7.75. The first kappa shape index (κ1) is 15.9. The third kappa shape index (κ3) is 7.70. The molecule has 0 radical (unpaired) electrons. The standard InChI is InChI=1S/C9H16O7S/c10-8(11)6-4-2-1-3-5-7(9(12)13)17(14,15)16/h7H,1-6H2,(H,10,11)(H,12,13)(H,14,15,16). The SMILES string of the molecule is O=C(O)CCCCCCC(C(=O)O)S(=O)(=O)O. The van der Waals surface area contributed by atoms with E-state index in [1.807, 2.05) is 0 Å². The summed E-state index contributed by atoms with van der Waals surface area (Å²) < 4.78 is 30.0. The Labute approximate surface area is 99.2 Å². The molecule has 1 unspecified atom stereocenters. The molecule has 0 aromatic heterocycles. The average molecular weight is 268 g/mol. The van der Waals surface area contributed by atoms with E-state index in [0.717, 1.165) is 0 Å². The van der Waals surface area contributed by atoms with Crippen molar-refractivity contribution in [1.29, 1.82) is 0 Å². The molecule has 7 nitrogen and oxygen atoms in total. The van der Waals surface area contributed by atoms with E-state index in [1.165, 1.54) is 0 Å². The second-order valence-electron chi connectivity index (χ2n) is 3.69. The molecule has 0 bridgehead atoms. The Morgan fingerprint density at radius 3 is 1.94 bits per heavy atom. The molecular formula is C9H16O7S. The van der Waals surface area contributed by atoms with Crippen LogP contribution in [0.4, 0.5) is 0 Å². The van der Waals surface area contributed by atoms with Gasteiger partial charge in [0, 0.05) is 6.42 Å². The molecule has 0 saturated heterocycles. The second kappa shape index (κ2) is 7.23. The van der Waals surface area contributed by atoms with Crippen molar-refractivity contribution in [3.8, 4) is 0 Å². The molecule has 0 aliphatic rings. The van der Waals surface area contributed by atoms with E-state index < -0.39 is 27.3 Å². The first-order valence-electron chi connectivity index (χ1n) is 5.16. The molecule has 0 spiro atoms. The molecule has 0 fully saturated rings. The van der Waals surface area contributed by atoms with Gasteiger partial charge in [0.1, 0.15) is 0 Å². The molecule has 0 aliphatic heterocycles. The van der Waals surface area contributed by atoms with E-state index in [1.54, 1.807) is 0 Å². The van der Waals surface area contributed by atoms with Crippen LogP contribution in [0.3, 0.4) is 0 Å². The molecule has 0 aromatic carbocycles. The van der Waals surface area contributed by atoms with Crippen molar-refractivity contribution in [3.05, 3.63) is 0 Å². The molecule has 0 rings (SSSR count). The topological polar surface area (TPSA) is 129 Å². The predicted octanol–water partition coefficient (Wildman–Crippen LogP) is 0.753. The van der Waals surface area contributed by atoms with Gasteiger partial charge in [-0.1, -0.05) is 19.3 Å². The monoisotopic (exact) mass is 268 g/mol. The summed E-state index contributed by atoms with van der Waals surface area (Å²) in [6, 6.07) is 0. The summed E-state index contributed by atoms with van der Waals surface area (Å²) in [7, 11) is -4.56. The Morgan fingerprint density at radius 2 is 1.53 bits per heavy atom. The number of hydrogen-bond acceptors (Lipinski definition) is 4. The molecular weight excluding hydrogens is 252 g/mol. The highest BCUT2D eigenvalue weighted by Crippen LogP contribution is 2.12. The van der Waals surface area contributed by atoms with E-state index in [4.69, 9.17) is 14.8 Å². The highest BCUT2D eigenvalue weighted by Gasteiger charge is 2.29. The lowest BCUT2D eigenvalue weighted by atomic mass is 10.1. The van der Waals surface area contributed by atoms with Crippen LogP contribution in [-0.4, -0.2) is 40.4 Å². The van der Waals surface area contributed by atoms with E-state index in [-0.39, 0.29) is 12.8 Å². The molecule has 3 N–H and O–H groups in total. The second-order valence-corrected chi connectivity index (χ2v) is 5.29. The zero-order chi connectivity index (χ0) is 13.5. The maximum Gasteiger partial charge on any atom is 0.324 e. The number of aliphatic carboxylic acids is 2. The van der Waals surface area contributed by atoms with Gasteiger partial charge in [0.2, 0.25) is 0 Å². The van der Waals surface area contributed by atoms with E-state index >= 15 is 0 Å². The van der Waals surface area contributed by atoms with Crippen LogP contribution in [0.5, 0.6) is 0 Å². The van der Waals surface area contributed by atoms with Gasteiger partial charge in [0.25, 0.3) is 10.1 Å². The van der Waals surface area contributed by atoms with Gasteiger partial charge in [0.15, 0.2) is 5.25 Å². The molecule has 0 amide bonds. The van der Waals surface area contributed by atoms with E-state index in [9.17, 15) is 18.0 Å². The summed E-state index contributed by atoms with van der Waals surface area (Å²) in [6.07, 6.45) is 1.79. The van der Waals surface area contributed by atoms with Crippen molar-refractivity contribution < 1.29 is 32.8 Å². The first-order valence-corrected chi connectivity index (χ1v) is 6.66. The van der Waals surface area contributed by atoms with Crippen molar-refractivity contribution in [1.82, 2.24) is 0 Å². The average Bonchev–Trinajstić information content (AvgIpc) is 2.13. The van der Waals surface area contributed by atoms with Crippen molar-refractivity contribution in [2.75, 3.05) is 0 Å². The van der Waals surface area contributed by atoms with Gasteiger partial charge in [-0.05, 0) is 12.8 Å². The van der Waals surface area contributed by atoms with Crippen LogP contribution < -0.4 is 0 Å². The maximum atomic E-state index is 10.7. The largest absolute Gasteiger partial charge is 0.481 e. The van der Waals surface area contributed by atoms with E-state index in [0.29, 0.717) is 25.7 Å². The minimum Gasteiger partial charge on any atom is -0.481 e. The third-order valence-electron chi connectivity index (χ3n) is 2.24. The summed E-state index contributed by atoms with van der Waals surface area (Å²) >= 11 is 0. The Morgan fingerprint density at radius 1 is 1.00 bits per heavy atom. The summed E-state index contributed by atoms with van der Waals surface area (Å²) in [4.78, 5) is 20.7. The number of carbonyl (C=O) groups is 2. The Balaban J connectivity index is 3.86. The van der Waals surface area contributed by atoms with Crippen LogP contribution in [-0.2, 0) is 19.7 Å². The van der Waals surface area contributed by atoms with Crippen LogP contribution in [0.1, 0.15) is 38.5 Å². The Hall–Kier alpha value is -1.15. The van der Waals surface area contributed by atoms with Crippen molar-refractivity contribution in [2.45, 2.75) is 43.8 Å². The lowest BCUT2D eigenvalue weighted by Gasteiger charge is -2.08. The predicted molar refractivity (Wildman–Crippen MR) is 58.3 cm³/mol.